The molecule has 0 aromatic heterocycles. The quantitative estimate of drug-likeness (QED) is 0.236. The van der Waals surface area contributed by atoms with Gasteiger partial charge in [-0.1, -0.05) is 112 Å². The second-order valence-electron chi connectivity index (χ2n) is 8.76. The van der Waals surface area contributed by atoms with E-state index >= 15 is 0 Å². The molecule has 0 spiro atoms. The number of hydrogen-bond acceptors (Lipinski definition) is 0. The van der Waals surface area contributed by atoms with E-state index in [0.717, 1.165) is 0 Å². The molecule has 26 heavy (non-hydrogen) atoms. The van der Waals surface area contributed by atoms with Crippen LogP contribution in [0, 0.1) is 11.5 Å². The lowest BCUT2D eigenvalue weighted by Crippen LogP contribution is -2.18. The molecular formula is C24H30Si2. The minimum atomic E-state index is -1.45. The van der Waals surface area contributed by atoms with Gasteiger partial charge in [0.2, 0.25) is 0 Å². The van der Waals surface area contributed by atoms with Crippen molar-refractivity contribution >= 4 is 27.8 Å². The first kappa shape index (κ1) is 20.2. The second kappa shape index (κ2) is 8.53. The highest BCUT2D eigenvalue weighted by atomic mass is 28.3. The van der Waals surface area contributed by atoms with Crippen molar-refractivity contribution in [3.05, 3.63) is 83.1 Å². The van der Waals surface area contributed by atoms with Crippen LogP contribution in [0.1, 0.15) is 11.1 Å². The van der Waals surface area contributed by atoms with E-state index < -0.39 is 16.1 Å². The SMILES string of the molecule is C[Si](C)(C)C#CC(=C[Si](C)(C)C)C(=Cc1ccccc1)c1ccccc1. The minimum absolute atomic E-state index is 1.18. The predicted octanol–water partition coefficient (Wildman–Crippen LogP) is 6.91. The molecule has 2 rings (SSSR count). The second-order valence-corrected chi connectivity index (χ2v) is 18.5. The van der Waals surface area contributed by atoms with Crippen molar-refractivity contribution in [1.82, 2.24) is 0 Å². The van der Waals surface area contributed by atoms with Gasteiger partial charge < -0.3 is 0 Å². The maximum absolute atomic E-state index is 3.58. The van der Waals surface area contributed by atoms with Crippen molar-refractivity contribution in [2.45, 2.75) is 39.3 Å². The van der Waals surface area contributed by atoms with Crippen LogP contribution in [0.4, 0.5) is 0 Å². The summed E-state index contributed by atoms with van der Waals surface area (Å²) in [6.45, 7) is 14.0. The van der Waals surface area contributed by atoms with E-state index in [1.165, 1.54) is 22.3 Å². The van der Waals surface area contributed by atoms with E-state index in [9.17, 15) is 0 Å². The Balaban J connectivity index is 2.68. The summed E-state index contributed by atoms with van der Waals surface area (Å²) in [4.78, 5) is 0. The molecule has 0 aliphatic carbocycles. The molecule has 0 aliphatic rings. The van der Waals surface area contributed by atoms with Crippen LogP contribution in [0.3, 0.4) is 0 Å². The van der Waals surface area contributed by atoms with Crippen LogP contribution in [0.5, 0.6) is 0 Å². The molecule has 0 saturated heterocycles. The average molecular weight is 375 g/mol. The topological polar surface area (TPSA) is 0 Å². The van der Waals surface area contributed by atoms with Gasteiger partial charge in [0.15, 0.2) is 0 Å². The molecule has 0 unspecified atom stereocenters. The smallest absolute Gasteiger partial charge is 0.127 e. The van der Waals surface area contributed by atoms with Gasteiger partial charge in [-0.05, 0) is 22.8 Å². The monoisotopic (exact) mass is 374 g/mol. The normalized spacial score (nSPS) is 13.2. The standard InChI is InChI=1S/C24H30Si2/c1-25(2,3)18-17-23(20-26(4,5)6)24(22-15-11-8-12-16-22)19-21-13-9-7-10-14-21/h7-16,19-20H,1-6H3. The maximum Gasteiger partial charge on any atom is 0.129 e. The summed E-state index contributed by atoms with van der Waals surface area (Å²) >= 11 is 0. The zero-order valence-electron chi connectivity index (χ0n) is 16.9. The van der Waals surface area contributed by atoms with Crippen LogP contribution in [-0.2, 0) is 0 Å². The van der Waals surface area contributed by atoms with Gasteiger partial charge in [0.1, 0.15) is 8.07 Å². The van der Waals surface area contributed by atoms with Crippen molar-refractivity contribution in [1.29, 1.82) is 0 Å². The van der Waals surface area contributed by atoms with Crippen LogP contribution < -0.4 is 0 Å². The number of benzene rings is 2. The molecular weight excluding hydrogens is 344 g/mol. The third-order valence-corrected chi connectivity index (χ3v) is 5.66. The first-order valence-corrected chi connectivity index (χ1v) is 16.3. The summed E-state index contributed by atoms with van der Waals surface area (Å²) in [7, 11) is -2.87. The lowest BCUT2D eigenvalue weighted by Gasteiger charge is -2.15. The first-order valence-electron chi connectivity index (χ1n) is 9.23. The molecule has 0 radical (unpaired) electrons. The van der Waals surface area contributed by atoms with Gasteiger partial charge in [-0.3, -0.25) is 0 Å². The zero-order valence-corrected chi connectivity index (χ0v) is 18.9. The van der Waals surface area contributed by atoms with E-state index in [1.807, 2.05) is 0 Å². The highest BCUT2D eigenvalue weighted by Crippen LogP contribution is 2.27. The number of hydrogen-bond donors (Lipinski definition) is 0. The molecule has 0 amide bonds. The van der Waals surface area contributed by atoms with Gasteiger partial charge in [-0.15, -0.1) is 5.54 Å². The molecule has 2 aromatic rings. The Morgan fingerprint density at radius 2 is 1.31 bits per heavy atom. The van der Waals surface area contributed by atoms with Gasteiger partial charge in [0.25, 0.3) is 0 Å². The zero-order chi connectivity index (χ0) is 19.2. The van der Waals surface area contributed by atoms with Crippen molar-refractivity contribution in [3.8, 4) is 11.5 Å². The molecule has 0 fully saturated rings. The minimum Gasteiger partial charge on any atom is -0.127 e. The summed E-state index contributed by atoms with van der Waals surface area (Å²) in [5.41, 5.74) is 10.9. The molecule has 2 heteroatoms. The van der Waals surface area contributed by atoms with Gasteiger partial charge in [-0.2, -0.15) is 0 Å². The molecule has 0 N–H and O–H groups in total. The summed E-state index contributed by atoms with van der Waals surface area (Å²) < 4.78 is 0. The fraction of sp³-hybridized carbons (Fsp3) is 0.250. The largest absolute Gasteiger partial charge is 0.129 e. The molecule has 134 valence electrons. The van der Waals surface area contributed by atoms with Crippen molar-refractivity contribution in [2.24, 2.45) is 0 Å². The van der Waals surface area contributed by atoms with Crippen LogP contribution >= 0.6 is 0 Å². The van der Waals surface area contributed by atoms with Gasteiger partial charge in [0, 0.05) is 5.57 Å². The Kier molecular flexibility index (Phi) is 6.64. The average Bonchev–Trinajstić information content (AvgIpc) is 2.57. The Bertz CT molecular complexity index is 834. The lowest BCUT2D eigenvalue weighted by atomic mass is 9.97. The maximum atomic E-state index is 3.58. The van der Waals surface area contributed by atoms with Crippen LogP contribution in [-0.4, -0.2) is 16.1 Å². The molecule has 0 nitrogen and oxygen atoms in total. The molecule has 0 bridgehead atoms. The van der Waals surface area contributed by atoms with E-state index in [1.54, 1.807) is 0 Å². The highest BCUT2D eigenvalue weighted by molar-refractivity contribution is 6.84. The van der Waals surface area contributed by atoms with Gasteiger partial charge >= 0.3 is 0 Å². The molecule has 0 heterocycles. The summed E-state index contributed by atoms with van der Waals surface area (Å²) in [5, 5.41) is 0. The Hall–Kier alpha value is -2.09. The first-order chi connectivity index (χ1) is 12.1. The molecule has 0 atom stereocenters. The number of allylic oxidation sites excluding steroid dienone is 2. The predicted molar refractivity (Wildman–Crippen MR) is 123 cm³/mol. The van der Waals surface area contributed by atoms with Gasteiger partial charge in [0.05, 0.1) is 8.07 Å². The van der Waals surface area contributed by atoms with Crippen molar-refractivity contribution in [2.75, 3.05) is 0 Å². The summed E-state index contributed by atoms with van der Waals surface area (Å²) in [6.07, 6.45) is 2.28. The van der Waals surface area contributed by atoms with E-state index in [4.69, 9.17) is 0 Å². The summed E-state index contributed by atoms with van der Waals surface area (Å²) in [6, 6.07) is 21.2. The summed E-state index contributed by atoms with van der Waals surface area (Å²) in [5.74, 6) is 3.57. The fourth-order valence-electron chi connectivity index (χ4n) is 2.52. The molecule has 0 saturated carbocycles. The van der Waals surface area contributed by atoms with Crippen LogP contribution in [0.15, 0.2) is 71.9 Å². The van der Waals surface area contributed by atoms with Gasteiger partial charge in [-0.25, -0.2) is 0 Å². The van der Waals surface area contributed by atoms with Crippen LogP contribution in [0.2, 0.25) is 39.3 Å². The fourth-order valence-corrected chi connectivity index (χ4v) is 4.12. The lowest BCUT2D eigenvalue weighted by molar-refractivity contribution is 1.59. The van der Waals surface area contributed by atoms with Crippen LogP contribution in [0.25, 0.3) is 11.6 Å². The Morgan fingerprint density at radius 1 is 0.769 bits per heavy atom. The van der Waals surface area contributed by atoms with E-state index in [2.05, 4.69) is 123 Å². The van der Waals surface area contributed by atoms with Crippen molar-refractivity contribution in [3.63, 3.8) is 0 Å². The molecule has 2 aromatic carbocycles. The third kappa shape index (κ3) is 7.03. The molecule has 0 aliphatic heterocycles. The highest BCUT2D eigenvalue weighted by Gasteiger charge is 2.15. The third-order valence-electron chi connectivity index (χ3n) is 3.64. The van der Waals surface area contributed by atoms with E-state index in [-0.39, 0.29) is 0 Å². The number of rotatable bonds is 4. The van der Waals surface area contributed by atoms with E-state index in [0.29, 0.717) is 0 Å². The Morgan fingerprint density at radius 3 is 1.81 bits per heavy atom. The van der Waals surface area contributed by atoms with Crippen molar-refractivity contribution < 1.29 is 0 Å². The Labute approximate surface area is 161 Å².